The highest BCUT2D eigenvalue weighted by atomic mass is 35.5. The number of likely N-dealkylation sites (tertiary alicyclic amines) is 1. The van der Waals surface area contributed by atoms with Gasteiger partial charge in [-0.2, -0.15) is 0 Å². The number of nitrogens with one attached hydrogen (secondary N) is 1. The van der Waals surface area contributed by atoms with E-state index in [1.54, 1.807) is 24.3 Å². The summed E-state index contributed by atoms with van der Waals surface area (Å²) in [6, 6.07) is 7.07. The highest BCUT2D eigenvalue weighted by Gasteiger charge is 2.25. The predicted molar refractivity (Wildman–Crippen MR) is 81.0 cm³/mol. The van der Waals surface area contributed by atoms with Crippen LogP contribution in [0.25, 0.3) is 0 Å². The van der Waals surface area contributed by atoms with Crippen molar-refractivity contribution in [1.29, 1.82) is 0 Å². The number of nitrogens with zero attached hydrogens (tertiary/aromatic N) is 1. The number of halogens is 1. The van der Waals surface area contributed by atoms with E-state index in [0.717, 1.165) is 31.6 Å². The number of carbonyl (C=O) groups is 1. The monoisotopic (exact) mass is 296 g/mol. The van der Waals surface area contributed by atoms with Crippen molar-refractivity contribution in [3.05, 3.63) is 29.3 Å². The van der Waals surface area contributed by atoms with Gasteiger partial charge < -0.3 is 10.4 Å². The van der Waals surface area contributed by atoms with E-state index in [9.17, 15) is 9.90 Å². The molecule has 1 saturated heterocycles. The van der Waals surface area contributed by atoms with Gasteiger partial charge in [0.15, 0.2) is 0 Å². The first kappa shape index (κ1) is 15.3. The second-order valence-corrected chi connectivity index (χ2v) is 6.12. The molecule has 1 aromatic carbocycles. The second-order valence-electron chi connectivity index (χ2n) is 5.68. The van der Waals surface area contributed by atoms with Crippen molar-refractivity contribution in [1.82, 2.24) is 4.90 Å². The molecule has 1 aliphatic rings. The molecule has 0 saturated carbocycles. The van der Waals surface area contributed by atoms with E-state index in [1.165, 1.54) is 0 Å². The summed E-state index contributed by atoms with van der Waals surface area (Å²) in [6.07, 6.45) is 2.42. The number of rotatable bonds is 3. The molecule has 0 bridgehead atoms. The fourth-order valence-corrected chi connectivity index (χ4v) is 2.54. The van der Waals surface area contributed by atoms with E-state index in [4.69, 9.17) is 11.6 Å². The van der Waals surface area contributed by atoms with Gasteiger partial charge in [-0.1, -0.05) is 11.6 Å². The van der Waals surface area contributed by atoms with Crippen molar-refractivity contribution in [3.63, 3.8) is 0 Å². The third kappa shape index (κ3) is 4.78. The van der Waals surface area contributed by atoms with Crippen LogP contribution < -0.4 is 5.32 Å². The van der Waals surface area contributed by atoms with Crippen LogP contribution in [0.15, 0.2) is 24.3 Å². The summed E-state index contributed by atoms with van der Waals surface area (Å²) in [5.41, 5.74) is 0.155. The molecule has 1 heterocycles. The summed E-state index contributed by atoms with van der Waals surface area (Å²) in [7, 11) is 0. The molecule has 1 aliphatic heterocycles. The molecular weight excluding hydrogens is 276 g/mol. The lowest BCUT2D eigenvalue weighted by molar-refractivity contribution is -0.117. The third-order valence-electron chi connectivity index (χ3n) is 3.65. The van der Waals surface area contributed by atoms with Crippen LogP contribution in [-0.2, 0) is 4.79 Å². The fourth-order valence-electron chi connectivity index (χ4n) is 2.41. The van der Waals surface area contributed by atoms with E-state index >= 15 is 0 Å². The topological polar surface area (TPSA) is 52.6 Å². The van der Waals surface area contributed by atoms with Gasteiger partial charge in [-0.15, -0.1) is 0 Å². The van der Waals surface area contributed by atoms with Gasteiger partial charge in [0.05, 0.1) is 12.1 Å². The van der Waals surface area contributed by atoms with Crippen molar-refractivity contribution in [2.24, 2.45) is 0 Å². The normalized spacial score (nSPS) is 24.1. The Morgan fingerprint density at radius 3 is 2.75 bits per heavy atom. The van der Waals surface area contributed by atoms with Gasteiger partial charge in [0.1, 0.15) is 0 Å². The first-order valence-corrected chi connectivity index (χ1v) is 7.33. The smallest absolute Gasteiger partial charge is 0.238 e. The van der Waals surface area contributed by atoms with E-state index < -0.39 is 5.60 Å². The molecule has 0 aromatic heterocycles. The molecule has 2 N–H and O–H groups in total. The molecule has 1 unspecified atom stereocenters. The van der Waals surface area contributed by atoms with Crippen molar-refractivity contribution >= 4 is 23.2 Å². The molecule has 110 valence electrons. The number of amides is 1. The maximum absolute atomic E-state index is 12.0. The van der Waals surface area contributed by atoms with E-state index in [1.807, 2.05) is 6.92 Å². The Bertz CT molecular complexity index is 459. The van der Waals surface area contributed by atoms with Crippen LogP contribution in [0.4, 0.5) is 5.69 Å². The van der Waals surface area contributed by atoms with Gasteiger partial charge in [0.25, 0.3) is 0 Å². The molecule has 1 aromatic rings. The van der Waals surface area contributed by atoms with E-state index in [0.29, 0.717) is 18.0 Å². The molecule has 1 amide bonds. The van der Waals surface area contributed by atoms with Crippen LogP contribution in [0.3, 0.4) is 0 Å². The highest BCUT2D eigenvalue weighted by Crippen LogP contribution is 2.21. The summed E-state index contributed by atoms with van der Waals surface area (Å²) in [5, 5.41) is 13.5. The van der Waals surface area contributed by atoms with Crippen LogP contribution in [-0.4, -0.2) is 41.1 Å². The Labute approximate surface area is 124 Å². The maximum Gasteiger partial charge on any atom is 0.238 e. The number of anilines is 1. The van der Waals surface area contributed by atoms with Crippen molar-refractivity contribution in [2.75, 3.05) is 25.0 Å². The summed E-state index contributed by atoms with van der Waals surface area (Å²) in [4.78, 5) is 14.1. The molecule has 1 fully saturated rings. The summed E-state index contributed by atoms with van der Waals surface area (Å²) < 4.78 is 0. The van der Waals surface area contributed by atoms with Crippen LogP contribution in [0.1, 0.15) is 26.2 Å². The van der Waals surface area contributed by atoms with Crippen LogP contribution in [0.5, 0.6) is 0 Å². The van der Waals surface area contributed by atoms with Gasteiger partial charge in [-0.05, 0) is 57.0 Å². The first-order valence-electron chi connectivity index (χ1n) is 6.95. The van der Waals surface area contributed by atoms with Crippen molar-refractivity contribution in [2.45, 2.75) is 31.8 Å². The van der Waals surface area contributed by atoms with Gasteiger partial charge in [0, 0.05) is 17.3 Å². The first-order chi connectivity index (χ1) is 9.44. The van der Waals surface area contributed by atoms with Gasteiger partial charge in [-0.3, -0.25) is 9.69 Å². The van der Waals surface area contributed by atoms with E-state index in [2.05, 4.69) is 10.2 Å². The Hall–Kier alpha value is -1.10. The zero-order valence-electron chi connectivity index (χ0n) is 11.7. The molecule has 1 atom stereocenters. The minimum Gasteiger partial charge on any atom is -0.390 e. The number of hydrogen-bond donors (Lipinski definition) is 2. The molecular formula is C15H21ClN2O2. The van der Waals surface area contributed by atoms with Crippen LogP contribution in [0, 0.1) is 0 Å². The molecule has 0 radical (unpaired) electrons. The second kappa shape index (κ2) is 6.57. The zero-order chi connectivity index (χ0) is 14.6. The van der Waals surface area contributed by atoms with Gasteiger partial charge in [0.2, 0.25) is 5.91 Å². The maximum atomic E-state index is 12.0. The Kier molecular flexibility index (Phi) is 5.02. The minimum absolute atomic E-state index is 0.0335. The van der Waals surface area contributed by atoms with Crippen molar-refractivity contribution in [3.8, 4) is 0 Å². The molecule has 20 heavy (non-hydrogen) atoms. The standard InChI is InChI=1S/C15H21ClN2O2/c1-15(20)7-2-9-18(10-8-15)11-14(19)17-13-5-3-12(16)4-6-13/h3-6,20H,2,7-11H2,1H3,(H,17,19). The number of benzene rings is 1. The summed E-state index contributed by atoms with van der Waals surface area (Å²) in [6.45, 7) is 3.83. The summed E-state index contributed by atoms with van der Waals surface area (Å²) >= 11 is 5.80. The highest BCUT2D eigenvalue weighted by molar-refractivity contribution is 6.30. The molecule has 0 spiro atoms. The van der Waals surface area contributed by atoms with E-state index in [-0.39, 0.29) is 5.91 Å². The minimum atomic E-state index is -0.596. The Morgan fingerprint density at radius 1 is 1.35 bits per heavy atom. The molecule has 2 rings (SSSR count). The number of hydrogen-bond acceptors (Lipinski definition) is 3. The lowest BCUT2D eigenvalue weighted by Crippen LogP contribution is -2.35. The van der Waals surface area contributed by atoms with Gasteiger partial charge in [-0.25, -0.2) is 0 Å². The average Bonchev–Trinajstić information content (AvgIpc) is 2.54. The van der Waals surface area contributed by atoms with Crippen LogP contribution >= 0.6 is 11.6 Å². The van der Waals surface area contributed by atoms with Gasteiger partial charge >= 0.3 is 0 Å². The predicted octanol–water partition coefficient (Wildman–Crippen LogP) is 2.52. The average molecular weight is 297 g/mol. The Morgan fingerprint density at radius 2 is 2.05 bits per heavy atom. The lowest BCUT2D eigenvalue weighted by atomic mass is 9.98. The number of aliphatic hydroxyl groups is 1. The van der Waals surface area contributed by atoms with Crippen LogP contribution in [0.2, 0.25) is 5.02 Å². The number of carbonyl (C=O) groups excluding carboxylic acids is 1. The Balaban J connectivity index is 1.83. The SMILES string of the molecule is CC1(O)CCCN(CC(=O)Nc2ccc(Cl)cc2)CC1. The quantitative estimate of drug-likeness (QED) is 0.901. The summed E-state index contributed by atoms with van der Waals surface area (Å²) in [5.74, 6) is -0.0335. The largest absolute Gasteiger partial charge is 0.390 e. The molecule has 0 aliphatic carbocycles. The molecule has 5 heteroatoms. The fraction of sp³-hybridized carbons (Fsp3) is 0.533. The van der Waals surface area contributed by atoms with Crippen molar-refractivity contribution < 1.29 is 9.90 Å². The molecule has 4 nitrogen and oxygen atoms in total. The zero-order valence-corrected chi connectivity index (χ0v) is 12.5. The lowest BCUT2D eigenvalue weighted by Gasteiger charge is -2.22. The third-order valence-corrected chi connectivity index (χ3v) is 3.90.